The van der Waals surface area contributed by atoms with Gasteiger partial charge in [0.05, 0.1) is 16.6 Å². The number of nitrogens with one attached hydrogen (secondary N) is 1. The minimum Gasteiger partial charge on any atom is -0.323 e. The minimum atomic E-state index is -0.370. The smallest absolute Gasteiger partial charge is 0.235 e. The molecule has 3 nitrogen and oxygen atoms in total. The zero-order chi connectivity index (χ0) is 15.9. The molecular formula is C20H18N2O. The molecule has 0 saturated heterocycles. The first-order valence-electron chi connectivity index (χ1n) is 7.91. The Morgan fingerprint density at radius 3 is 2.52 bits per heavy atom. The zero-order valence-corrected chi connectivity index (χ0v) is 13.0. The van der Waals surface area contributed by atoms with Crippen LogP contribution in [0.2, 0.25) is 0 Å². The van der Waals surface area contributed by atoms with Crippen molar-refractivity contribution >= 4 is 22.5 Å². The van der Waals surface area contributed by atoms with Crippen LogP contribution in [0.15, 0.2) is 60.8 Å². The number of hydrogen-bond acceptors (Lipinski definition) is 2. The third-order valence-electron chi connectivity index (χ3n) is 4.67. The number of hydrogen-bond donors (Lipinski definition) is 1. The van der Waals surface area contributed by atoms with Gasteiger partial charge in [-0.3, -0.25) is 9.78 Å². The van der Waals surface area contributed by atoms with Gasteiger partial charge in [-0.15, -0.1) is 0 Å². The number of fused-ring (bicyclic) bond motifs is 1. The molecule has 0 bridgehead atoms. The third-order valence-corrected chi connectivity index (χ3v) is 4.67. The SMILES string of the molecule is Cc1ccc(C2(C(=O)Nc3cccc4cccnc34)CC2)cc1. The molecule has 4 rings (SSSR count). The Morgan fingerprint density at radius 2 is 1.78 bits per heavy atom. The molecule has 2 aromatic carbocycles. The molecule has 1 fully saturated rings. The van der Waals surface area contributed by atoms with Crippen molar-refractivity contribution in [3.05, 3.63) is 71.9 Å². The van der Waals surface area contributed by atoms with Crippen molar-refractivity contribution in [3.8, 4) is 0 Å². The molecule has 23 heavy (non-hydrogen) atoms. The van der Waals surface area contributed by atoms with Gasteiger partial charge in [-0.2, -0.15) is 0 Å². The molecule has 0 radical (unpaired) electrons. The van der Waals surface area contributed by atoms with Gasteiger partial charge in [0.1, 0.15) is 0 Å². The summed E-state index contributed by atoms with van der Waals surface area (Å²) in [4.78, 5) is 17.3. The topological polar surface area (TPSA) is 42.0 Å². The van der Waals surface area contributed by atoms with Crippen molar-refractivity contribution in [2.45, 2.75) is 25.2 Å². The van der Waals surface area contributed by atoms with Crippen LogP contribution in [-0.2, 0) is 10.2 Å². The lowest BCUT2D eigenvalue weighted by Gasteiger charge is -2.17. The van der Waals surface area contributed by atoms with Crippen molar-refractivity contribution in [3.63, 3.8) is 0 Å². The van der Waals surface area contributed by atoms with Crippen LogP contribution in [0.3, 0.4) is 0 Å². The Hall–Kier alpha value is -2.68. The number of para-hydroxylation sites is 1. The third kappa shape index (κ3) is 2.38. The predicted octanol–water partition coefficient (Wildman–Crippen LogP) is 4.21. The maximum absolute atomic E-state index is 12.9. The highest BCUT2D eigenvalue weighted by Gasteiger charge is 2.51. The highest BCUT2D eigenvalue weighted by atomic mass is 16.2. The van der Waals surface area contributed by atoms with E-state index in [1.54, 1.807) is 6.20 Å². The molecule has 1 aromatic heterocycles. The molecule has 1 heterocycles. The van der Waals surface area contributed by atoms with E-state index >= 15 is 0 Å². The van der Waals surface area contributed by atoms with E-state index in [1.165, 1.54) is 5.56 Å². The molecule has 0 atom stereocenters. The van der Waals surface area contributed by atoms with E-state index in [1.807, 2.05) is 30.3 Å². The van der Waals surface area contributed by atoms with Crippen LogP contribution in [0, 0.1) is 6.92 Å². The fourth-order valence-electron chi connectivity index (χ4n) is 3.09. The summed E-state index contributed by atoms with van der Waals surface area (Å²) in [5, 5.41) is 4.13. The summed E-state index contributed by atoms with van der Waals surface area (Å²) < 4.78 is 0. The van der Waals surface area contributed by atoms with E-state index in [-0.39, 0.29) is 11.3 Å². The number of carbonyl (C=O) groups excluding carboxylic acids is 1. The molecule has 0 unspecified atom stereocenters. The number of anilines is 1. The lowest BCUT2D eigenvalue weighted by Crippen LogP contribution is -2.27. The maximum atomic E-state index is 12.9. The second kappa shape index (κ2) is 5.20. The van der Waals surface area contributed by atoms with Crippen LogP contribution in [-0.4, -0.2) is 10.9 Å². The summed E-state index contributed by atoms with van der Waals surface area (Å²) in [5.41, 5.74) is 3.57. The van der Waals surface area contributed by atoms with Crippen LogP contribution in [0.1, 0.15) is 24.0 Å². The average Bonchev–Trinajstić information content (AvgIpc) is 3.38. The van der Waals surface area contributed by atoms with Gasteiger partial charge in [-0.25, -0.2) is 0 Å². The van der Waals surface area contributed by atoms with Crippen LogP contribution >= 0.6 is 0 Å². The first-order chi connectivity index (χ1) is 11.2. The monoisotopic (exact) mass is 302 g/mol. The second-order valence-electron chi connectivity index (χ2n) is 6.28. The summed E-state index contributed by atoms with van der Waals surface area (Å²) in [7, 11) is 0. The molecule has 0 aliphatic heterocycles. The van der Waals surface area contributed by atoms with Crippen molar-refractivity contribution < 1.29 is 4.79 Å². The van der Waals surface area contributed by atoms with E-state index < -0.39 is 0 Å². The molecule has 0 spiro atoms. The highest BCUT2D eigenvalue weighted by Crippen LogP contribution is 2.49. The Balaban J connectivity index is 1.66. The summed E-state index contributed by atoms with van der Waals surface area (Å²) in [6.45, 7) is 2.06. The maximum Gasteiger partial charge on any atom is 0.235 e. The van der Waals surface area contributed by atoms with Gasteiger partial charge >= 0.3 is 0 Å². The lowest BCUT2D eigenvalue weighted by atomic mass is 9.94. The number of rotatable bonds is 3. The quantitative estimate of drug-likeness (QED) is 0.787. The number of aromatic nitrogens is 1. The lowest BCUT2D eigenvalue weighted by molar-refractivity contribution is -0.118. The Bertz CT molecular complexity index is 874. The summed E-state index contributed by atoms with van der Waals surface area (Å²) in [6.07, 6.45) is 3.56. The van der Waals surface area contributed by atoms with Crippen molar-refractivity contribution in [2.75, 3.05) is 5.32 Å². The molecule has 1 saturated carbocycles. The largest absolute Gasteiger partial charge is 0.323 e. The van der Waals surface area contributed by atoms with Crippen LogP contribution in [0.4, 0.5) is 5.69 Å². The molecule has 3 heteroatoms. The fraction of sp³-hybridized carbons (Fsp3) is 0.200. The van der Waals surface area contributed by atoms with Gasteiger partial charge in [-0.1, -0.05) is 48.0 Å². The minimum absolute atomic E-state index is 0.0690. The van der Waals surface area contributed by atoms with E-state index in [0.29, 0.717) is 0 Å². The summed E-state index contributed by atoms with van der Waals surface area (Å²) in [5.74, 6) is 0.0690. The average molecular weight is 302 g/mol. The fourth-order valence-corrected chi connectivity index (χ4v) is 3.09. The van der Waals surface area contributed by atoms with Crippen molar-refractivity contribution in [1.82, 2.24) is 4.98 Å². The van der Waals surface area contributed by atoms with Crippen molar-refractivity contribution in [2.24, 2.45) is 0 Å². The number of carbonyl (C=O) groups is 1. The van der Waals surface area contributed by atoms with Crippen LogP contribution in [0.5, 0.6) is 0 Å². The molecule has 3 aromatic rings. The number of benzene rings is 2. The Kier molecular flexibility index (Phi) is 3.15. The number of pyridine rings is 1. The van der Waals surface area contributed by atoms with Gasteiger partial charge in [-0.05, 0) is 37.5 Å². The van der Waals surface area contributed by atoms with Gasteiger partial charge in [0.25, 0.3) is 0 Å². The molecule has 1 amide bonds. The van der Waals surface area contributed by atoms with E-state index in [2.05, 4.69) is 41.5 Å². The predicted molar refractivity (Wildman–Crippen MR) is 92.5 cm³/mol. The van der Waals surface area contributed by atoms with Gasteiger partial charge < -0.3 is 5.32 Å². The van der Waals surface area contributed by atoms with Crippen molar-refractivity contribution in [1.29, 1.82) is 0 Å². The molecule has 114 valence electrons. The number of nitrogens with zero attached hydrogens (tertiary/aromatic N) is 1. The highest BCUT2D eigenvalue weighted by molar-refractivity contribution is 6.06. The van der Waals surface area contributed by atoms with Crippen LogP contribution in [0.25, 0.3) is 10.9 Å². The van der Waals surface area contributed by atoms with Crippen LogP contribution < -0.4 is 5.32 Å². The van der Waals surface area contributed by atoms with Gasteiger partial charge in [0.2, 0.25) is 5.91 Å². The second-order valence-corrected chi connectivity index (χ2v) is 6.28. The first-order valence-corrected chi connectivity index (χ1v) is 7.91. The van der Waals surface area contributed by atoms with Gasteiger partial charge in [0.15, 0.2) is 0 Å². The number of aryl methyl sites for hydroxylation is 1. The zero-order valence-electron chi connectivity index (χ0n) is 13.0. The summed E-state index contributed by atoms with van der Waals surface area (Å²) in [6, 6.07) is 18.1. The van der Waals surface area contributed by atoms with E-state index in [4.69, 9.17) is 0 Å². The Labute approximate surface area is 135 Å². The molecule has 1 aliphatic carbocycles. The molecule has 1 aliphatic rings. The standard InChI is InChI=1S/C20H18N2O/c1-14-7-9-16(10-8-14)20(11-12-20)19(23)22-17-6-2-4-15-5-3-13-21-18(15)17/h2-10,13H,11-12H2,1H3,(H,22,23). The normalized spacial score (nSPS) is 15.3. The van der Waals surface area contributed by atoms with E-state index in [0.717, 1.165) is 35.0 Å². The summed E-state index contributed by atoms with van der Waals surface area (Å²) >= 11 is 0. The molecule has 1 N–H and O–H groups in total. The van der Waals surface area contributed by atoms with E-state index in [9.17, 15) is 4.79 Å². The first kappa shape index (κ1) is 13.9. The Morgan fingerprint density at radius 1 is 1.04 bits per heavy atom. The number of amides is 1. The molecular weight excluding hydrogens is 284 g/mol. The van der Waals surface area contributed by atoms with Gasteiger partial charge in [0, 0.05) is 11.6 Å².